The first-order valence-corrected chi connectivity index (χ1v) is 8.87. The zero-order chi connectivity index (χ0) is 15.8. The fourth-order valence-corrected chi connectivity index (χ4v) is 3.88. The van der Waals surface area contributed by atoms with Gasteiger partial charge < -0.3 is 9.42 Å². The maximum Gasteiger partial charge on any atom is 0.229 e. The van der Waals surface area contributed by atoms with Crippen LogP contribution < -0.4 is 0 Å². The van der Waals surface area contributed by atoms with Crippen molar-refractivity contribution in [2.24, 2.45) is 5.92 Å². The SMILES string of the molecule is CC1CCC(N(C(=O)Cc2noc3ccccc23)C2CC2)CC1. The molecule has 122 valence electrons. The lowest BCUT2D eigenvalue weighted by molar-refractivity contribution is -0.134. The molecule has 0 atom stereocenters. The number of benzene rings is 1. The van der Waals surface area contributed by atoms with Gasteiger partial charge in [-0.1, -0.05) is 24.2 Å². The minimum Gasteiger partial charge on any atom is -0.356 e. The molecule has 2 fully saturated rings. The van der Waals surface area contributed by atoms with E-state index in [-0.39, 0.29) is 5.91 Å². The highest BCUT2D eigenvalue weighted by Gasteiger charge is 2.38. The number of nitrogens with zero attached hydrogens (tertiary/aromatic N) is 2. The fraction of sp³-hybridized carbons (Fsp3) is 0.579. The molecule has 2 aliphatic rings. The summed E-state index contributed by atoms with van der Waals surface area (Å²) in [5, 5.41) is 5.10. The van der Waals surface area contributed by atoms with Gasteiger partial charge in [0.1, 0.15) is 5.69 Å². The lowest BCUT2D eigenvalue weighted by atomic mass is 9.86. The maximum absolute atomic E-state index is 13.0. The third-order valence-electron chi connectivity index (χ3n) is 5.38. The van der Waals surface area contributed by atoms with Crippen LogP contribution in [0.25, 0.3) is 11.0 Å². The molecule has 2 aliphatic carbocycles. The number of hydrogen-bond acceptors (Lipinski definition) is 3. The summed E-state index contributed by atoms with van der Waals surface area (Å²) in [5.74, 6) is 1.04. The highest BCUT2D eigenvalue weighted by molar-refractivity contribution is 5.86. The van der Waals surface area contributed by atoms with Crippen LogP contribution in [0, 0.1) is 5.92 Å². The van der Waals surface area contributed by atoms with E-state index in [0.29, 0.717) is 18.5 Å². The van der Waals surface area contributed by atoms with E-state index in [2.05, 4.69) is 17.0 Å². The Kier molecular flexibility index (Phi) is 3.83. The van der Waals surface area contributed by atoms with Crippen LogP contribution in [0.15, 0.2) is 28.8 Å². The van der Waals surface area contributed by atoms with Gasteiger partial charge in [-0.25, -0.2) is 0 Å². The van der Waals surface area contributed by atoms with Gasteiger partial charge in [0, 0.05) is 17.5 Å². The van der Waals surface area contributed by atoms with Gasteiger partial charge in [-0.3, -0.25) is 4.79 Å². The second-order valence-corrected chi connectivity index (χ2v) is 7.25. The zero-order valence-corrected chi connectivity index (χ0v) is 13.7. The van der Waals surface area contributed by atoms with Crippen molar-refractivity contribution >= 4 is 16.9 Å². The second kappa shape index (κ2) is 5.99. The van der Waals surface area contributed by atoms with E-state index in [1.165, 1.54) is 12.8 Å². The van der Waals surface area contributed by atoms with Gasteiger partial charge in [0.2, 0.25) is 5.91 Å². The van der Waals surface area contributed by atoms with Crippen molar-refractivity contribution in [2.45, 2.75) is 64.0 Å². The molecule has 4 heteroatoms. The van der Waals surface area contributed by atoms with Crippen LogP contribution in [0.3, 0.4) is 0 Å². The first-order chi connectivity index (χ1) is 11.2. The lowest BCUT2D eigenvalue weighted by Gasteiger charge is -2.36. The highest BCUT2D eigenvalue weighted by Crippen LogP contribution is 2.35. The molecule has 2 aromatic rings. The summed E-state index contributed by atoms with van der Waals surface area (Å²) in [6.45, 7) is 2.32. The molecule has 1 aromatic carbocycles. The summed E-state index contributed by atoms with van der Waals surface area (Å²) >= 11 is 0. The van der Waals surface area contributed by atoms with E-state index in [0.717, 1.165) is 48.3 Å². The molecule has 0 unspecified atom stereocenters. The van der Waals surface area contributed by atoms with Crippen LogP contribution in [-0.2, 0) is 11.2 Å². The van der Waals surface area contributed by atoms with Crippen molar-refractivity contribution < 1.29 is 9.32 Å². The average Bonchev–Trinajstić information content (AvgIpc) is 3.31. The largest absolute Gasteiger partial charge is 0.356 e. The Balaban J connectivity index is 1.52. The topological polar surface area (TPSA) is 46.3 Å². The van der Waals surface area contributed by atoms with Gasteiger partial charge in [0.15, 0.2) is 5.58 Å². The molecule has 1 heterocycles. The molecule has 0 N–H and O–H groups in total. The molecule has 1 amide bonds. The lowest BCUT2D eigenvalue weighted by Crippen LogP contribution is -2.44. The molecule has 1 aromatic heterocycles. The van der Waals surface area contributed by atoms with Gasteiger partial charge in [0.25, 0.3) is 0 Å². The number of aromatic nitrogens is 1. The van der Waals surface area contributed by atoms with Crippen LogP contribution >= 0.6 is 0 Å². The molecule has 0 bridgehead atoms. The van der Waals surface area contributed by atoms with Crippen molar-refractivity contribution in [2.75, 3.05) is 0 Å². The van der Waals surface area contributed by atoms with Gasteiger partial charge in [0.05, 0.1) is 6.42 Å². The van der Waals surface area contributed by atoms with Crippen LogP contribution in [0.5, 0.6) is 0 Å². The van der Waals surface area contributed by atoms with E-state index < -0.39 is 0 Å². The van der Waals surface area contributed by atoms with Crippen molar-refractivity contribution in [3.05, 3.63) is 30.0 Å². The number of fused-ring (bicyclic) bond motifs is 1. The van der Waals surface area contributed by atoms with E-state index >= 15 is 0 Å². The van der Waals surface area contributed by atoms with E-state index in [9.17, 15) is 4.79 Å². The summed E-state index contributed by atoms with van der Waals surface area (Å²) in [4.78, 5) is 15.2. The van der Waals surface area contributed by atoms with Crippen LogP contribution in [0.1, 0.15) is 51.1 Å². The Labute approximate surface area is 136 Å². The monoisotopic (exact) mass is 312 g/mol. The van der Waals surface area contributed by atoms with Crippen LogP contribution in [-0.4, -0.2) is 28.0 Å². The summed E-state index contributed by atoms with van der Waals surface area (Å²) in [6.07, 6.45) is 7.49. The number of carbonyl (C=O) groups is 1. The van der Waals surface area contributed by atoms with Crippen molar-refractivity contribution in [3.63, 3.8) is 0 Å². The molecule has 2 saturated carbocycles. The Bertz CT molecular complexity index is 696. The number of amides is 1. The normalized spacial score (nSPS) is 24.7. The van der Waals surface area contributed by atoms with E-state index in [1.807, 2.05) is 24.3 Å². The van der Waals surface area contributed by atoms with E-state index in [1.54, 1.807) is 0 Å². The Morgan fingerprint density at radius 3 is 2.48 bits per heavy atom. The fourth-order valence-electron chi connectivity index (χ4n) is 3.88. The molecule has 0 aliphatic heterocycles. The Hall–Kier alpha value is -1.84. The van der Waals surface area contributed by atoms with Crippen molar-refractivity contribution in [1.29, 1.82) is 0 Å². The quantitative estimate of drug-likeness (QED) is 0.859. The molecule has 0 saturated heterocycles. The van der Waals surface area contributed by atoms with Gasteiger partial charge in [-0.15, -0.1) is 0 Å². The van der Waals surface area contributed by atoms with Crippen LogP contribution in [0.4, 0.5) is 0 Å². The standard InChI is InChI=1S/C19H24N2O2/c1-13-6-8-14(9-7-13)21(15-10-11-15)19(22)12-17-16-4-2-3-5-18(16)23-20-17/h2-5,13-15H,6-12H2,1H3. The molecular formula is C19H24N2O2. The minimum absolute atomic E-state index is 0.228. The van der Waals surface area contributed by atoms with Gasteiger partial charge in [-0.05, 0) is 56.6 Å². The van der Waals surface area contributed by atoms with Gasteiger partial charge >= 0.3 is 0 Å². The maximum atomic E-state index is 13.0. The molecule has 0 radical (unpaired) electrons. The second-order valence-electron chi connectivity index (χ2n) is 7.25. The van der Waals surface area contributed by atoms with Gasteiger partial charge in [-0.2, -0.15) is 0 Å². The Morgan fingerprint density at radius 2 is 1.78 bits per heavy atom. The molecule has 0 spiro atoms. The summed E-state index contributed by atoms with van der Waals surface area (Å²) < 4.78 is 5.34. The highest BCUT2D eigenvalue weighted by atomic mass is 16.5. The number of carbonyl (C=O) groups excluding carboxylic acids is 1. The van der Waals surface area contributed by atoms with Crippen molar-refractivity contribution in [1.82, 2.24) is 10.1 Å². The number of hydrogen-bond donors (Lipinski definition) is 0. The third kappa shape index (κ3) is 2.99. The summed E-state index contributed by atoms with van der Waals surface area (Å²) in [5.41, 5.74) is 1.54. The average molecular weight is 312 g/mol. The summed E-state index contributed by atoms with van der Waals surface area (Å²) in [6, 6.07) is 8.69. The third-order valence-corrected chi connectivity index (χ3v) is 5.38. The molecular weight excluding hydrogens is 288 g/mol. The van der Waals surface area contributed by atoms with E-state index in [4.69, 9.17) is 4.52 Å². The first-order valence-electron chi connectivity index (χ1n) is 8.87. The zero-order valence-electron chi connectivity index (χ0n) is 13.7. The first kappa shape index (κ1) is 14.7. The van der Waals surface area contributed by atoms with Crippen molar-refractivity contribution in [3.8, 4) is 0 Å². The Morgan fingerprint density at radius 1 is 1.13 bits per heavy atom. The number of rotatable bonds is 4. The predicted octanol–water partition coefficient (Wildman–Crippen LogP) is 3.94. The predicted molar refractivity (Wildman–Crippen MR) is 89.0 cm³/mol. The smallest absolute Gasteiger partial charge is 0.229 e. The molecule has 4 nitrogen and oxygen atoms in total. The van der Waals surface area contributed by atoms with Crippen LogP contribution in [0.2, 0.25) is 0 Å². The molecule has 4 rings (SSSR count). The number of para-hydroxylation sites is 1. The minimum atomic E-state index is 0.228. The molecule has 23 heavy (non-hydrogen) atoms. The summed E-state index contributed by atoms with van der Waals surface area (Å²) in [7, 11) is 0.